The molecule has 1 aromatic carbocycles. The molecule has 1 aliphatic heterocycles. The Morgan fingerprint density at radius 3 is 2.00 bits per heavy atom. The zero-order chi connectivity index (χ0) is 17.5. The first kappa shape index (κ1) is 19.0. The van der Waals surface area contributed by atoms with Gasteiger partial charge in [-0.15, -0.1) is 0 Å². The maximum atomic E-state index is 8.92. The van der Waals surface area contributed by atoms with Crippen molar-refractivity contribution >= 4 is 19.2 Å². The second kappa shape index (κ2) is 9.79. The van der Waals surface area contributed by atoms with Crippen molar-refractivity contribution in [2.75, 3.05) is 0 Å². The van der Waals surface area contributed by atoms with Gasteiger partial charge in [-0.1, -0.05) is 50.7 Å². The van der Waals surface area contributed by atoms with Crippen molar-refractivity contribution in [1.82, 2.24) is 0 Å². The van der Waals surface area contributed by atoms with Crippen LogP contribution in [0.4, 0.5) is 0 Å². The van der Waals surface area contributed by atoms with Crippen molar-refractivity contribution in [2.45, 2.75) is 82.2 Å². The maximum Gasteiger partial charge on any atom is 0.141 e. The zero-order valence-corrected chi connectivity index (χ0v) is 17.3. The summed E-state index contributed by atoms with van der Waals surface area (Å²) in [6.07, 6.45) is 14.1. The molecule has 0 unspecified atom stereocenters. The fourth-order valence-corrected chi connectivity index (χ4v) is 7.60. The molecule has 2 aliphatic rings. The van der Waals surface area contributed by atoms with Gasteiger partial charge in [-0.2, -0.15) is 16.3 Å². The molecule has 1 saturated carbocycles. The molecule has 0 amide bonds. The third-order valence-corrected chi connectivity index (χ3v) is 9.84. The molecule has 0 atom stereocenters. The number of halogens is 1. The first-order valence-corrected chi connectivity index (χ1v) is 13.8. The number of benzene rings is 1. The van der Waals surface area contributed by atoms with Crippen molar-refractivity contribution in [3.63, 3.8) is 0 Å². The van der Waals surface area contributed by atoms with E-state index < -0.39 is 8.11 Å². The lowest BCUT2D eigenvalue weighted by Crippen LogP contribution is -2.16. The van der Waals surface area contributed by atoms with Gasteiger partial charge in [0.2, 0.25) is 0 Å². The molecular formula is C22H32ClNSi. The molecule has 1 heterocycles. The van der Waals surface area contributed by atoms with Gasteiger partial charge in [0, 0.05) is 0 Å². The standard InChI is InChI=1S/C22H32ClNSi/c23-25-15-13-19(14-16-25)4-2-1-3-18-5-9-21(10-6-18)22-11-7-20(17-24)8-12-22/h7-8,11-12,18-19,21,25H,1-6,9-10,13-16H2/t18-,19?,21-,25?. The minimum absolute atomic E-state index is 0.721. The van der Waals surface area contributed by atoms with Crippen LogP contribution < -0.4 is 0 Å². The predicted octanol–water partition coefficient (Wildman–Crippen LogP) is 6.77. The second-order valence-electron chi connectivity index (χ2n) is 8.35. The highest BCUT2D eigenvalue weighted by Crippen LogP contribution is 2.38. The Bertz CT molecular complexity index is 548. The van der Waals surface area contributed by atoms with Crippen molar-refractivity contribution in [2.24, 2.45) is 11.8 Å². The minimum Gasteiger partial charge on any atom is -0.192 e. The van der Waals surface area contributed by atoms with Crippen molar-refractivity contribution in [1.29, 1.82) is 5.26 Å². The van der Waals surface area contributed by atoms with Gasteiger partial charge in [0.15, 0.2) is 0 Å². The van der Waals surface area contributed by atoms with E-state index in [9.17, 15) is 0 Å². The number of hydrogen-bond donors (Lipinski definition) is 0. The molecule has 1 aliphatic carbocycles. The largest absolute Gasteiger partial charge is 0.192 e. The van der Waals surface area contributed by atoms with Crippen molar-refractivity contribution < 1.29 is 0 Å². The highest BCUT2D eigenvalue weighted by Gasteiger charge is 2.23. The van der Waals surface area contributed by atoms with E-state index in [4.69, 9.17) is 16.3 Å². The lowest BCUT2D eigenvalue weighted by atomic mass is 9.77. The Balaban J connectivity index is 1.30. The van der Waals surface area contributed by atoms with E-state index in [0.29, 0.717) is 0 Å². The Labute approximate surface area is 160 Å². The first-order chi connectivity index (χ1) is 12.2. The van der Waals surface area contributed by atoms with Gasteiger partial charge in [0.25, 0.3) is 0 Å². The predicted molar refractivity (Wildman–Crippen MR) is 110 cm³/mol. The molecular weight excluding hydrogens is 342 g/mol. The molecule has 25 heavy (non-hydrogen) atoms. The molecule has 0 bridgehead atoms. The molecule has 0 N–H and O–H groups in total. The lowest BCUT2D eigenvalue weighted by molar-refractivity contribution is 0.297. The Kier molecular flexibility index (Phi) is 7.44. The first-order valence-electron chi connectivity index (χ1n) is 10.4. The van der Waals surface area contributed by atoms with E-state index in [-0.39, 0.29) is 0 Å². The van der Waals surface area contributed by atoms with Crippen LogP contribution in [0.1, 0.15) is 81.3 Å². The average Bonchev–Trinajstić information content (AvgIpc) is 2.67. The molecule has 1 nitrogen and oxygen atoms in total. The molecule has 0 radical (unpaired) electrons. The SMILES string of the molecule is N#Cc1ccc([C@H]2CC[C@H](CCCCC3CC[SiH](Cl)CC3)CC2)cc1. The molecule has 2 fully saturated rings. The van der Waals surface area contributed by atoms with Crippen LogP contribution in [0.5, 0.6) is 0 Å². The highest BCUT2D eigenvalue weighted by molar-refractivity contribution is 7.07. The van der Waals surface area contributed by atoms with E-state index in [1.807, 2.05) is 12.1 Å². The van der Waals surface area contributed by atoms with Gasteiger partial charge < -0.3 is 0 Å². The smallest absolute Gasteiger partial charge is 0.141 e. The van der Waals surface area contributed by atoms with Crippen LogP contribution in [0.2, 0.25) is 12.1 Å². The quantitative estimate of drug-likeness (QED) is 0.306. The maximum absolute atomic E-state index is 8.92. The Hall–Kier alpha value is -0.783. The van der Waals surface area contributed by atoms with Crippen LogP contribution in [-0.4, -0.2) is 8.11 Å². The van der Waals surface area contributed by atoms with Crippen molar-refractivity contribution in [3.05, 3.63) is 35.4 Å². The number of nitriles is 1. The van der Waals surface area contributed by atoms with Crippen molar-refractivity contribution in [3.8, 4) is 6.07 Å². The van der Waals surface area contributed by atoms with Crippen LogP contribution in [0, 0.1) is 23.2 Å². The summed E-state index contributed by atoms with van der Waals surface area (Å²) in [4.78, 5) is 0. The third-order valence-electron chi connectivity index (χ3n) is 6.61. The second-order valence-corrected chi connectivity index (χ2v) is 12.6. The fraction of sp³-hybridized carbons (Fsp3) is 0.682. The summed E-state index contributed by atoms with van der Waals surface area (Å²) in [6.45, 7) is 0. The minimum atomic E-state index is -0.778. The number of nitrogens with zero attached hydrogens (tertiary/aromatic N) is 1. The summed E-state index contributed by atoms with van der Waals surface area (Å²) < 4.78 is 0. The molecule has 0 aromatic heterocycles. The number of unbranched alkanes of at least 4 members (excludes halogenated alkanes) is 1. The lowest BCUT2D eigenvalue weighted by Gasteiger charge is -2.29. The molecule has 1 saturated heterocycles. The summed E-state index contributed by atoms with van der Waals surface area (Å²) >= 11 is 6.34. The normalized spacial score (nSPS) is 29.9. The van der Waals surface area contributed by atoms with Gasteiger partial charge in [-0.3, -0.25) is 0 Å². The van der Waals surface area contributed by atoms with Gasteiger partial charge >= 0.3 is 0 Å². The number of rotatable bonds is 6. The number of hydrogen-bond acceptors (Lipinski definition) is 1. The van der Waals surface area contributed by atoms with Crippen LogP contribution in [0.25, 0.3) is 0 Å². The highest BCUT2D eigenvalue weighted by atomic mass is 35.6. The molecule has 136 valence electrons. The van der Waals surface area contributed by atoms with Gasteiger partial charge in [-0.05, 0) is 73.2 Å². The third kappa shape index (κ3) is 5.86. The Morgan fingerprint density at radius 1 is 0.880 bits per heavy atom. The molecule has 3 rings (SSSR count). The molecule has 1 aromatic rings. The summed E-state index contributed by atoms with van der Waals surface area (Å²) in [5.41, 5.74) is 2.22. The van der Waals surface area contributed by atoms with Gasteiger partial charge in [0.05, 0.1) is 11.6 Å². The van der Waals surface area contributed by atoms with E-state index in [0.717, 1.165) is 23.3 Å². The zero-order valence-electron chi connectivity index (χ0n) is 15.4. The summed E-state index contributed by atoms with van der Waals surface area (Å²) in [5.74, 6) is 2.68. The molecule has 0 spiro atoms. The van der Waals surface area contributed by atoms with E-state index >= 15 is 0 Å². The molecule has 3 heteroatoms. The van der Waals surface area contributed by atoms with Crippen LogP contribution in [0.3, 0.4) is 0 Å². The topological polar surface area (TPSA) is 23.8 Å². The van der Waals surface area contributed by atoms with Gasteiger partial charge in [-0.25, -0.2) is 0 Å². The van der Waals surface area contributed by atoms with Crippen LogP contribution >= 0.6 is 11.1 Å². The van der Waals surface area contributed by atoms with Crippen LogP contribution in [0.15, 0.2) is 24.3 Å². The Morgan fingerprint density at radius 2 is 1.44 bits per heavy atom. The summed E-state index contributed by atoms with van der Waals surface area (Å²) in [5, 5.41) is 8.92. The monoisotopic (exact) mass is 373 g/mol. The van der Waals surface area contributed by atoms with E-state index in [1.165, 1.54) is 81.9 Å². The van der Waals surface area contributed by atoms with Gasteiger partial charge in [0.1, 0.15) is 8.11 Å². The average molecular weight is 374 g/mol. The van der Waals surface area contributed by atoms with E-state index in [2.05, 4.69) is 18.2 Å². The van der Waals surface area contributed by atoms with E-state index in [1.54, 1.807) is 0 Å². The van der Waals surface area contributed by atoms with Crippen LogP contribution in [-0.2, 0) is 0 Å². The summed E-state index contributed by atoms with van der Waals surface area (Å²) in [6, 6.07) is 13.3. The fourth-order valence-electron chi connectivity index (χ4n) is 4.89. The summed E-state index contributed by atoms with van der Waals surface area (Å²) in [7, 11) is -0.778.